The van der Waals surface area contributed by atoms with Gasteiger partial charge in [0.05, 0.1) is 12.0 Å². The number of rotatable bonds is 6. The van der Waals surface area contributed by atoms with E-state index in [1.54, 1.807) is 17.0 Å². The second-order valence-electron chi connectivity index (χ2n) is 6.91. The maximum atomic E-state index is 12.9. The lowest BCUT2D eigenvalue weighted by molar-refractivity contribution is -0.126. The van der Waals surface area contributed by atoms with Crippen molar-refractivity contribution in [3.05, 3.63) is 59.9 Å². The highest BCUT2D eigenvalue weighted by molar-refractivity contribution is 6.00. The number of benzene rings is 2. The number of anilines is 1. The van der Waals surface area contributed by atoms with Crippen LogP contribution in [0.15, 0.2) is 48.5 Å². The van der Waals surface area contributed by atoms with Gasteiger partial charge in [-0.2, -0.15) is 0 Å². The Hall–Kier alpha value is -2.89. The van der Waals surface area contributed by atoms with E-state index in [1.165, 1.54) is 12.1 Å². The van der Waals surface area contributed by atoms with E-state index >= 15 is 0 Å². The molecule has 0 bridgehead atoms. The fourth-order valence-electron chi connectivity index (χ4n) is 3.05. The van der Waals surface area contributed by atoms with Crippen LogP contribution in [-0.4, -0.2) is 24.5 Å². The number of ether oxygens (including phenoxy) is 1. The molecule has 1 N–H and O–H groups in total. The van der Waals surface area contributed by atoms with Crippen molar-refractivity contribution >= 4 is 17.5 Å². The largest absolute Gasteiger partial charge is 0.491 e. The lowest BCUT2D eigenvalue weighted by atomic mass is 10.1. The smallest absolute Gasteiger partial charge is 0.227 e. The number of nitrogens with one attached hydrogen (secondary N) is 1. The number of halogens is 1. The van der Waals surface area contributed by atoms with E-state index in [0.29, 0.717) is 13.1 Å². The van der Waals surface area contributed by atoms with E-state index in [1.807, 2.05) is 38.1 Å². The van der Waals surface area contributed by atoms with E-state index in [0.717, 1.165) is 17.0 Å². The van der Waals surface area contributed by atoms with Gasteiger partial charge in [0, 0.05) is 25.2 Å². The monoisotopic (exact) mass is 370 g/mol. The van der Waals surface area contributed by atoms with Crippen LogP contribution >= 0.6 is 0 Å². The molecule has 1 aliphatic rings. The van der Waals surface area contributed by atoms with Gasteiger partial charge in [-0.1, -0.05) is 12.1 Å². The van der Waals surface area contributed by atoms with Gasteiger partial charge < -0.3 is 15.0 Å². The van der Waals surface area contributed by atoms with E-state index in [-0.39, 0.29) is 30.2 Å². The first-order valence-electron chi connectivity index (χ1n) is 9.01. The highest BCUT2D eigenvalue weighted by atomic mass is 19.1. The predicted octanol–water partition coefficient (Wildman–Crippen LogP) is 3.28. The third-order valence-corrected chi connectivity index (χ3v) is 4.40. The summed E-state index contributed by atoms with van der Waals surface area (Å²) >= 11 is 0. The summed E-state index contributed by atoms with van der Waals surface area (Å²) in [7, 11) is 0. The van der Waals surface area contributed by atoms with Crippen molar-refractivity contribution in [2.24, 2.45) is 5.92 Å². The third-order valence-electron chi connectivity index (χ3n) is 4.40. The molecule has 2 amide bonds. The van der Waals surface area contributed by atoms with Crippen molar-refractivity contribution in [1.29, 1.82) is 0 Å². The molecule has 0 saturated carbocycles. The van der Waals surface area contributed by atoms with Gasteiger partial charge in [0.2, 0.25) is 11.8 Å². The average Bonchev–Trinajstić information content (AvgIpc) is 3.03. The van der Waals surface area contributed by atoms with E-state index in [9.17, 15) is 14.0 Å². The number of hydrogen-bond donors (Lipinski definition) is 1. The van der Waals surface area contributed by atoms with Crippen molar-refractivity contribution in [2.75, 3.05) is 11.4 Å². The van der Waals surface area contributed by atoms with Crippen molar-refractivity contribution < 1.29 is 18.7 Å². The first-order chi connectivity index (χ1) is 12.9. The lowest BCUT2D eigenvalue weighted by Crippen LogP contribution is -2.32. The Morgan fingerprint density at radius 2 is 1.85 bits per heavy atom. The molecule has 1 heterocycles. The molecule has 0 aromatic heterocycles. The molecule has 6 heteroatoms. The Kier molecular flexibility index (Phi) is 5.74. The van der Waals surface area contributed by atoms with E-state index in [2.05, 4.69) is 5.32 Å². The molecule has 5 nitrogen and oxygen atoms in total. The van der Waals surface area contributed by atoms with E-state index in [4.69, 9.17) is 4.74 Å². The molecule has 0 radical (unpaired) electrons. The molecule has 0 spiro atoms. The van der Waals surface area contributed by atoms with Gasteiger partial charge in [0.15, 0.2) is 0 Å². The molecule has 1 saturated heterocycles. The number of amides is 2. The molecule has 27 heavy (non-hydrogen) atoms. The molecule has 0 aliphatic carbocycles. The molecule has 142 valence electrons. The summed E-state index contributed by atoms with van der Waals surface area (Å²) in [6, 6.07) is 13.3. The van der Waals surface area contributed by atoms with Crippen LogP contribution in [0.3, 0.4) is 0 Å². The van der Waals surface area contributed by atoms with Crippen LogP contribution in [-0.2, 0) is 16.1 Å². The predicted molar refractivity (Wildman–Crippen MR) is 101 cm³/mol. The minimum Gasteiger partial charge on any atom is -0.491 e. The minimum absolute atomic E-state index is 0.0746. The van der Waals surface area contributed by atoms with Crippen molar-refractivity contribution in [1.82, 2.24) is 5.32 Å². The standard InChI is InChI=1S/C21H23FN2O3/c1-14(2)27-19-9-7-18(8-10-19)24-13-16(11-20(24)25)21(26)23-12-15-3-5-17(22)6-4-15/h3-10,14,16H,11-13H2,1-2H3,(H,23,26). The quantitative estimate of drug-likeness (QED) is 0.849. The maximum Gasteiger partial charge on any atom is 0.227 e. The average molecular weight is 370 g/mol. The molecule has 2 aromatic carbocycles. The Morgan fingerprint density at radius 1 is 1.19 bits per heavy atom. The number of carbonyl (C=O) groups is 2. The zero-order valence-electron chi connectivity index (χ0n) is 15.4. The molecule has 3 rings (SSSR count). The fraction of sp³-hybridized carbons (Fsp3) is 0.333. The molecule has 1 atom stereocenters. The first kappa shape index (κ1) is 18.9. The summed E-state index contributed by atoms with van der Waals surface area (Å²) in [6.45, 7) is 4.56. The molecule has 1 fully saturated rings. The Bertz CT molecular complexity index is 803. The second-order valence-corrected chi connectivity index (χ2v) is 6.91. The highest BCUT2D eigenvalue weighted by Gasteiger charge is 2.35. The Labute approximate surface area is 158 Å². The number of hydrogen-bond acceptors (Lipinski definition) is 3. The zero-order chi connectivity index (χ0) is 19.4. The van der Waals surface area contributed by atoms with Crippen LogP contribution in [0.4, 0.5) is 10.1 Å². The first-order valence-corrected chi connectivity index (χ1v) is 9.01. The van der Waals surface area contributed by atoms with Gasteiger partial charge >= 0.3 is 0 Å². The van der Waals surface area contributed by atoms with Gasteiger partial charge in [0.25, 0.3) is 0 Å². The highest BCUT2D eigenvalue weighted by Crippen LogP contribution is 2.27. The number of nitrogens with zero attached hydrogens (tertiary/aromatic N) is 1. The normalized spacial score (nSPS) is 16.7. The molecule has 1 aliphatic heterocycles. The van der Waals surface area contributed by atoms with Crippen LogP contribution < -0.4 is 15.0 Å². The van der Waals surface area contributed by atoms with Crippen molar-refractivity contribution in [3.63, 3.8) is 0 Å². The zero-order valence-corrected chi connectivity index (χ0v) is 15.4. The molecule has 2 aromatic rings. The summed E-state index contributed by atoms with van der Waals surface area (Å²) in [5.41, 5.74) is 1.57. The SMILES string of the molecule is CC(C)Oc1ccc(N2CC(C(=O)NCc3ccc(F)cc3)CC2=O)cc1. The summed E-state index contributed by atoms with van der Waals surface area (Å²) < 4.78 is 18.5. The van der Waals surface area contributed by atoms with Gasteiger partial charge in [0.1, 0.15) is 11.6 Å². The molecular weight excluding hydrogens is 347 g/mol. The van der Waals surface area contributed by atoms with Gasteiger partial charge in [-0.25, -0.2) is 4.39 Å². The molecular formula is C21H23FN2O3. The topological polar surface area (TPSA) is 58.6 Å². The van der Waals surface area contributed by atoms with Crippen LogP contribution in [0.2, 0.25) is 0 Å². The van der Waals surface area contributed by atoms with Crippen molar-refractivity contribution in [2.45, 2.75) is 32.9 Å². The van der Waals surface area contributed by atoms with E-state index < -0.39 is 5.92 Å². The van der Waals surface area contributed by atoms with Crippen LogP contribution in [0.1, 0.15) is 25.8 Å². The molecule has 1 unspecified atom stereocenters. The van der Waals surface area contributed by atoms with Crippen LogP contribution in [0, 0.1) is 11.7 Å². The van der Waals surface area contributed by atoms with Crippen LogP contribution in [0.25, 0.3) is 0 Å². The van der Waals surface area contributed by atoms with Crippen LogP contribution in [0.5, 0.6) is 5.75 Å². The second kappa shape index (κ2) is 8.20. The van der Waals surface area contributed by atoms with Gasteiger partial charge in [-0.05, 0) is 55.8 Å². The summed E-state index contributed by atoms with van der Waals surface area (Å²) in [6.07, 6.45) is 0.262. The lowest BCUT2D eigenvalue weighted by Gasteiger charge is -2.18. The summed E-state index contributed by atoms with van der Waals surface area (Å²) in [4.78, 5) is 26.4. The summed E-state index contributed by atoms with van der Waals surface area (Å²) in [5, 5.41) is 2.82. The maximum absolute atomic E-state index is 12.9. The summed E-state index contributed by atoms with van der Waals surface area (Å²) in [5.74, 6) is -0.213. The van der Waals surface area contributed by atoms with Crippen molar-refractivity contribution in [3.8, 4) is 5.75 Å². The number of carbonyl (C=O) groups excluding carboxylic acids is 2. The third kappa shape index (κ3) is 4.84. The Morgan fingerprint density at radius 3 is 2.48 bits per heavy atom. The van der Waals surface area contributed by atoms with Gasteiger partial charge in [-0.3, -0.25) is 9.59 Å². The minimum atomic E-state index is -0.399. The Balaban J connectivity index is 1.57. The fourth-order valence-corrected chi connectivity index (χ4v) is 3.05. The van der Waals surface area contributed by atoms with Gasteiger partial charge in [-0.15, -0.1) is 0 Å².